The molecule has 1 rings (SSSR count). The van der Waals surface area contributed by atoms with E-state index in [0.717, 1.165) is 4.90 Å². The summed E-state index contributed by atoms with van der Waals surface area (Å²) in [6.07, 6.45) is 0. The first-order valence-electron chi connectivity index (χ1n) is 3.44. The van der Waals surface area contributed by atoms with Crippen LogP contribution in [0.15, 0.2) is 0 Å². The number of carbonyl (C=O) groups excluding carboxylic acids is 3. The number of carbonyl (C=O) groups is 3. The highest BCUT2D eigenvalue weighted by Crippen LogP contribution is 1.93. The largest absolute Gasteiger partial charge is 0.323 e. The van der Waals surface area contributed by atoms with E-state index in [-0.39, 0.29) is 19.6 Å². The molecule has 0 spiro atoms. The van der Waals surface area contributed by atoms with Gasteiger partial charge in [0.1, 0.15) is 13.1 Å². The summed E-state index contributed by atoms with van der Waals surface area (Å²) in [7, 11) is 0. The zero-order valence-corrected chi connectivity index (χ0v) is 6.37. The van der Waals surface area contributed by atoms with Crippen LogP contribution in [0.1, 0.15) is 0 Å². The van der Waals surface area contributed by atoms with Crippen molar-refractivity contribution in [1.29, 1.82) is 0 Å². The molecule has 0 bridgehead atoms. The number of nitrogens with two attached hydrogens (primary N) is 1. The zero-order valence-electron chi connectivity index (χ0n) is 6.37. The van der Waals surface area contributed by atoms with E-state index in [1.165, 1.54) is 0 Å². The predicted molar refractivity (Wildman–Crippen MR) is 38.8 cm³/mol. The number of amides is 3. The minimum atomic E-state index is -0.465. The van der Waals surface area contributed by atoms with Gasteiger partial charge in [-0.2, -0.15) is 0 Å². The van der Waals surface area contributed by atoms with Crippen LogP contribution in [0.3, 0.4) is 0 Å². The number of hydrogen-bond donors (Lipinski definition) is 2. The summed E-state index contributed by atoms with van der Waals surface area (Å²) in [6, 6.07) is 0. The third-order valence-corrected chi connectivity index (χ3v) is 1.48. The molecule has 1 heterocycles. The minimum absolute atomic E-state index is 0.0816. The second-order valence-electron chi connectivity index (χ2n) is 2.43. The molecule has 1 aliphatic rings. The average Bonchev–Trinajstić information content (AvgIpc) is 2.01. The van der Waals surface area contributed by atoms with Gasteiger partial charge in [0.2, 0.25) is 17.7 Å². The van der Waals surface area contributed by atoms with Crippen LogP contribution < -0.4 is 11.1 Å². The van der Waals surface area contributed by atoms with E-state index in [9.17, 15) is 14.4 Å². The molecule has 0 radical (unpaired) electrons. The minimum Gasteiger partial charge on any atom is -0.323 e. The van der Waals surface area contributed by atoms with Crippen LogP contribution in [0.5, 0.6) is 0 Å². The molecule has 0 atom stereocenters. The van der Waals surface area contributed by atoms with Gasteiger partial charge in [0.25, 0.3) is 0 Å². The Morgan fingerprint density at radius 3 is 2.33 bits per heavy atom. The third-order valence-electron chi connectivity index (χ3n) is 1.48. The fourth-order valence-electron chi connectivity index (χ4n) is 0.943. The van der Waals surface area contributed by atoms with Crippen molar-refractivity contribution in [3.05, 3.63) is 0 Å². The van der Waals surface area contributed by atoms with E-state index < -0.39 is 17.7 Å². The second kappa shape index (κ2) is 3.31. The van der Waals surface area contributed by atoms with Gasteiger partial charge in [-0.25, -0.2) is 0 Å². The summed E-state index contributed by atoms with van der Waals surface area (Å²) in [5.41, 5.74) is 5.06. The summed E-state index contributed by atoms with van der Waals surface area (Å²) in [5, 5.41) is 2.08. The predicted octanol–water partition coefficient (Wildman–Crippen LogP) is -2.57. The van der Waals surface area contributed by atoms with Gasteiger partial charge in [-0.3, -0.25) is 19.7 Å². The molecule has 1 aliphatic heterocycles. The Hall–Kier alpha value is -1.43. The van der Waals surface area contributed by atoms with Gasteiger partial charge >= 0.3 is 0 Å². The van der Waals surface area contributed by atoms with Crippen LogP contribution in [0.2, 0.25) is 0 Å². The molecule has 0 aromatic carbocycles. The maximum absolute atomic E-state index is 10.9. The van der Waals surface area contributed by atoms with Crippen molar-refractivity contribution >= 4 is 17.7 Å². The van der Waals surface area contributed by atoms with Crippen molar-refractivity contribution in [2.75, 3.05) is 19.6 Å². The van der Waals surface area contributed by atoms with Crippen molar-refractivity contribution in [3.63, 3.8) is 0 Å². The van der Waals surface area contributed by atoms with Gasteiger partial charge in [-0.15, -0.1) is 0 Å². The maximum Gasteiger partial charge on any atom is 0.246 e. The van der Waals surface area contributed by atoms with E-state index in [4.69, 9.17) is 5.73 Å². The average molecular weight is 171 g/mol. The Labute approximate surface area is 68.7 Å². The first-order valence-corrected chi connectivity index (χ1v) is 3.44. The monoisotopic (exact) mass is 171 g/mol. The Morgan fingerprint density at radius 2 is 1.92 bits per heavy atom. The van der Waals surface area contributed by atoms with E-state index >= 15 is 0 Å². The fraction of sp³-hybridized carbons (Fsp3) is 0.500. The molecule has 0 aromatic heterocycles. The first kappa shape index (κ1) is 8.66. The number of nitrogens with zero attached hydrogens (tertiary/aromatic N) is 1. The SMILES string of the molecule is NCC(=O)N1CC(=O)NC(=O)C1. The molecule has 0 aromatic rings. The Kier molecular flexibility index (Phi) is 2.39. The van der Waals surface area contributed by atoms with Gasteiger partial charge in [-0.05, 0) is 0 Å². The van der Waals surface area contributed by atoms with Gasteiger partial charge in [0, 0.05) is 0 Å². The summed E-state index contributed by atoms with van der Waals surface area (Å²) < 4.78 is 0. The molecule has 6 nitrogen and oxygen atoms in total. The Morgan fingerprint density at radius 1 is 1.42 bits per heavy atom. The van der Waals surface area contributed by atoms with Crippen LogP contribution in [0, 0.1) is 0 Å². The summed E-state index contributed by atoms with van der Waals surface area (Å²) >= 11 is 0. The fourth-order valence-corrected chi connectivity index (χ4v) is 0.943. The van der Waals surface area contributed by atoms with Crippen LogP contribution in [-0.2, 0) is 14.4 Å². The standard InChI is InChI=1S/C6H9N3O3/c7-1-6(12)9-2-4(10)8-5(11)3-9/h1-3,7H2,(H,8,10,11). The van der Waals surface area contributed by atoms with Crippen molar-refractivity contribution < 1.29 is 14.4 Å². The summed E-state index contributed by atoms with van der Waals surface area (Å²) in [4.78, 5) is 33.5. The van der Waals surface area contributed by atoms with Crippen LogP contribution in [0.25, 0.3) is 0 Å². The van der Waals surface area contributed by atoms with Crippen LogP contribution in [-0.4, -0.2) is 42.3 Å². The van der Waals surface area contributed by atoms with Crippen molar-refractivity contribution in [3.8, 4) is 0 Å². The summed E-state index contributed by atoms with van der Waals surface area (Å²) in [6.45, 7) is -0.343. The molecule has 3 amide bonds. The van der Waals surface area contributed by atoms with E-state index in [2.05, 4.69) is 5.32 Å². The lowest BCUT2D eigenvalue weighted by Gasteiger charge is -2.24. The van der Waals surface area contributed by atoms with Crippen LogP contribution in [0.4, 0.5) is 0 Å². The molecular formula is C6H9N3O3. The third kappa shape index (κ3) is 1.79. The molecule has 6 heteroatoms. The molecule has 3 N–H and O–H groups in total. The highest BCUT2D eigenvalue weighted by molar-refractivity contribution is 6.02. The molecule has 0 aliphatic carbocycles. The van der Waals surface area contributed by atoms with Crippen molar-refractivity contribution in [2.45, 2.75) is 0 Å². The molecule has 0 unspecified atom stereocenters. The molecule has 66 valence electrons. The number of piperazine rings is 1. The van der Waals surface area contributed by atoms with Gasteiger partial charge in [0.15, 0.2) is 0 Å². The zero-order chi connectivity index (χ0) is 9.14. The molecule has 0 saturated carbocycles. The molecule has 1 fully saturated rings. The second-order valence-corrected chi connectivity index (χ2v) is 2.43. The topological polar surface area (TPSA) is 92.5 Å². The molecular weight excluding hydrogens is 162 g/mol. The number of imide groups is 1. The van der Waals surface area contributed by atoms with Gasteiger partial charge < -0.3 is 10.6 Å². The van der Waals surface area contributed by atoms with Crippen LogP contribution >= 0.6 is 0 Å². The van der Waals surface area contributed by atoms with E-state index in [1.807, 2.05) is 0 Å². The van der Waals surface area contributed by atoms with Gasteiger partial charge in [-0.1, -0.05) is 0 Å². The normalized spacial score (nSPS) is 17.6. The smallest absolute Gasteiger partial charge is 0.246 e. The Balaban J connectivity index is 2.61. The maximum atomic E-state index is 10.9. The van der Waals surface area contributed by atoms with Crippen molar-refractivity contribution in [2.24, 2.45) is 5.73 Å². The van der Waals surface area contributed by atoms with E-state index in [1.54, 1.807) is 0 Å². The lowest BCUT2D eigenvalue weighted by Crippen LogP contribution is -2.54. The highest BCUT2D eigenvalue weighted by Gasteiger charge is 2.24. The lowest BCUT2D eigenvalue weighted by molar-refractivity contribution is -0.144. The lowest BCUT2D eigenvalue weighted by atomic mass is 10.3. The number of nitrogens with one attached hydrogen (secondary N) is 1. The molecule has 1 saturated heterocycles. The quantitative estimate of drug-likeness (QED) is 0.424. The number of rotatable bonds is 1. The number of hydrogen-bond acceptors (Lipinski definition) is 4. The Bertz CT molecular complexity index is 222. The van der Waals surface area contributed by atoms with Gasteiger partial charge in [0.05, 0.1) is 6.54 Å². The van der Waals surface area contributed by atoms with Crippen molar-refractivity contribution in [1.82, 2.24) is 10.2 Å². The summed E-state index contributed by atoms with van der Waals surface area (Å²) in [5.74, 6) is -1.32. The molecule has 12 heavy (non-hydrogen) atoms. The first-order chi connectivity index (χ1) is 5.63. The van der Waals surface area contributed by atoms with E-state index in [0.29, 0.717) is 0 Å². The highest BCUT2D eigenvalue weighted by atomic mass is 16.2.